The van der Waals surface area contributed by atoms with Crippen molar-refractivity contribution in [3.8, 4) is 11.5 Å². The van der Waals surface area contributed by atoms with Crippen molar-refractivity contribution in [2.24, 2.45) is 10.9 Å². The molecular weight excluding hydrogens is 404 g/mol. The molecule has 0 aromatic heterocycles. The number of nitrogens with one attached hydrogen (secondary N) is 3. The average Bonchev–Trinajstić information content (AvgIpc) is 2.79. The first-order valence-corrected chi connectivity index (χ1v) is 12.1. The van der Waals surface area contributed by atoms with E-state index in [-0.39, 0.29) is 17.2 Å². The fraction of sp³-hybridized carbons (Fsp3) is 0.680. The lowest BCUT2D eigenvalue weighted by Crippen LogP contribution is -2.47. The summed E-state index contributed by atoms with van der Waals surface area (Å²) >= 11 is 0. The topological polar surface area (TPSA) is 84.0 Å². The number of ether oxygens (including phenoxy) is 2. The highest BCUT2D eigenvalue weighted by atomic mass is 16.5. The lowest BCUT2D eigenvalue weighted by Gasteiger charge is -2.38. The molecule has 2 aliphatic rings. The van der Waals surface area contributed by atoms with Gasteiger partial charge in [0.15, 0.2) is 17.5 Å². The van der Waals surface area contributed by atoms with E-state index in [1.807, 2.05) is 6.07 Å². The van der Waals surface area contributed by atoms with Crippen molar-refractivity contribution in [1.29, 1.82) is 0 Å². The van der Waals surface area contributed by atoms with Crippen molar-refractivity contribution in [1.82, 2.24) is 16.0 Å². The summed E-state index contributed by atoms with van der Waals surface area (Å²) in [4.78, 5) is 16.3. The van der Waals surface area contributed by atoms with Crippen LogP contribution in [0.2, 0.25) is 0 Å². The van der Waals surface area contributed by atoms with E-state index in [9.17, 15) is 4.79 Å². The third kappa shape index (κ3) is 6.08. The van der Waals surface area contributed by atoms with Crippen molar-refractivity contribution in [3.05, 3.63) is 23.8 Å². The summed E-state index contributed by atoms with van der Waals surface area (Å²) in [6.45, 7) is 2.30. The van der Waals surface area contributed by atoms with E-state index in [0.717, 1.165) is 62.7 Å². The molecule has 0 radical (unpaired) electrons. The van der Waals surface area contributed by atoms with Crippen LogP contribution < -0.4 is 25.4 Å². The highest BCUT2D eigenvalue weighted by Gasteiger charge is 2.34. The standard InChI is InChI=1S/C25H40N4O3/c1-26-24(28-16-8-15-27-23(30)19-9-7-10-19)29-18-25(13-5-4-6-14-25)20-11-12-21(31-2)22(17-20)32-3/h11-12,17,19H,4-10,13-16,18H2,1-3H3,(H,27,30)(H2,26,28,29). The minimum absolute atomic E-state index is 0.0478. The first kappa shape index (κ1) is 24.2. The molecule has 0 spiro atoms. The molecule has 1 aromatic rings. The number of amides is 1. The van der Waals surface area contributed by atoms with Crippen LogP contribution in [0.5, 0.6) is 11.5 Å². The third-order valence-corrected chi connectivity index (χ3v) is 7.05. The number of guanidine groups is 1. The number of rotatable bonds is 10. The van der Waals surface area contributed by atoms with Gasteiger partial charge in [-0.1, -0.05) is 31.7 Å². The Bertz CT molecular complexity index is 770. The molecule has 2 saturated carbocycles. The Kier molecular flexibility index (Phi) is 9.06. The van der Waals surface area contributed by atoms with Gasteiger partial charge >= 0.3 is 0 Å². The van der Waals surface area contributed by atoms with Gasteiger partial charge in [0, 0.05) is 38.0 Å². The van der Waals surface area contributed by atoms with Gasteiger partial charge in [0.1, 0.15) is 0 Å². The summed E-state index contributed by atoms with van der Waals surface area (Å²) < 4.78 is 11.0. The Balaban J connectivity index is 1.53. The molecule has 178 valence electrons. The first-order chi connectivity index (χ1) is 15.6. The summed E-state index contributed by atoms with van der Waals surface area (Å²) in [5.41, 5.74) is 1.34. The summed E-state index contributed by atoms with van der Waals surface area (Å²) in [6.07, 6.45) is 10.2. The molecule has 3 rings (SSSR count). The van der Waals surface area contributed by atoms with Crippen molar-refractivity contribution in [2.75, 3.05) is 40.9 Å². The van der Waals surface area contributed by atoms with E-state index >= 15 is 0 Å². The number of benzene rings is 1. The average molecular weight is 445 g/mol. The van der Waals surface area contributed by atoms with Gasteiger partial charge < -0.3 is 25.4 Å². The fourth-order valence-electron chi connectivity index (χ4n) is 4.76. The maximum absolute atomic E-state index is 11.9. The number of carbonyl (C=O) groups excluding carboxylic acids is 1. The van der Waals surface area contributed by atoms with Crippen LogP contribution in [0.4, 0.5) is 0 Å². The molecule has 0 aliphatic heterocycles. The van der Waals surface area contributed by atoms with Crippen LogP contribution in [0.15, 0.2) is 23.2 Å². The van der Waals surface area contributed by atoms with Crippen LogP contribution in [-0.2, 0) is 10.2 Å². The predicted molar refractivity (Wildman–Crippen MR) is 129 cm³/mol. The predicted octanol–water partition coefficient (Wildman–Crippen LogP) is 3.38. The monoisotopic (exact) mass is 444 g/mol. The van der Waals surface area contributed by atoms with Gasteiger partial charge in [-0.3, -0.25) is 9.79 Å². The van der Waals surface area contributed by atoms with E-state index in [1.54, 1.807) is 21.3 Å². The van der Waals surface area contributed by atoms with E-state index < -0.39 is 0 Å². The minimum Gasteiger partial charge on any atom is -0.493 e. The van der Waals surface area contributed by atoms with Gasteiger partial charge in [-0.25, -0.2) is 0 Å². The molecule has 32 heavy (non-hydrogen) atoms. The Morgan fingerprint density at radius 2 is 1.72 bits per heavy atom. The van der Waals surface area contributed by atoms with Gasteiger partial charge in [-0.05, 0) is 49.8 Å². The lowest BCUT2D eigenvalue weighted by atomic mass is 9.69. The second-order valence-electron chi connectivity index (χ2n) is 9.04. The van der Waals surface area contributed by atoms with E-state index in [0.29, 0.717) is 6.54 Å². The first-order valence-electron chi connectivity index (χ1n) is 12.1. The van der Waals surface area contributed by atoms with Crippen LogP contribution >= 0.6 is 0 Å². The van der Waals surface area contributed by atoms with Gasteiger partial charge in [0.05, 0.1) is 14.2 Å². The normalized spacial score (nSPS) is 18.4. The molecule has 7 nitrogen and oxygen atoms in total. The number of nitrogens with zero attached hydrogens (tertiary/aromatic N) is 1. The number of methoxy groups -OCH3 is 2. The largest absolute Gasteiger partial charge is 0.493 e. The van der Waals surface area contributed by atoms with Crippen LogP contribution in [0.25, 0.3) is 0 Å². The SMILES string of the molecule is CN=C(NCCCNC(=O)C1CCC1)NCC1(c2ccc(OC)c(OC)c2)CCCCC1. The zero-order valence-corrected chi connectivity index (χ0v) is 20.0. The zero-order valence-electron chi connectivity index (χ0n) is 20.0. The van der Waals surface area contributed by atoms with Crippen LogP contribution in [0.1, 0.15) is 63.4 Å². The van der Waals surface area contributed by atoms with E-state index in [1.165, 1.54) is 31.2 Å². The molecule has 0 saturated heterocycles. The van der Waals surface area contributed by atoms with Crippen LogP contribution in [-0.4, -0.2) is 52.8 Å². The summed E-state index contributed by atoms with van der Waals surface area (Å²) in [7, 11) is 5.16. The Labute approximate surface area is 192 Å². The maximum Gasteiger partial charge on any atom is 0.223 e. The van der Waals surface area contributed by atoms with Crippen LogP contribution in [0, 0.1) is 5.92 Å². The summed E-state index contributed by atoms with van der Waals surface area (Å²) in [5.74, 6) is 2.81. The van der Waals surface area contributed by atoms with Gasteiger partial charge in [-0.2, -0.15) is 0 Å². The van der Waals surface area contributed by atoms with Gasteiger partial charge in [0.2, 0.25) is 5.91 Å². The number of hydrogen-bond acceptors (Lipinski definition) is 4. The highest BCUT2D eigenvalue weighted by Crippen LogP contribution is 2.42. The molecule has 0 heterocycles. The van der Waals surface area contributed by atoms with Crippen molar-refractivity contribution in [3.63, 3.8) is 0 Å². The molecule has 7 heteroatoms. The molecular formula is C25H40N4O3. The highest BCUT2D eigenvalue weighted by molar-refractivity contribution is 5.80. The number of aliphatic imine (C=N–C) groups is 1. The molecule has 1 amide bonds. The third-order valence-electron chi connectivity index (χ3n) is 7.05. The molecule has 2 fully saturated rings. The molecule has 2 aliphatic carbocycles. The van der Waals surface area contributed by atoms with E-state index in [4.69, 9.17) is 9.47 Å². The molecule has 0 atom stereocenters. The molecule has 0 bridgehead atoms. The van der Waals surface area contributed by atoms with Gasteiger partial charge in [0.25, 0.3) is 0 Å². The minimum atomic E-state index is 0.0478. The lowest BCUT2D eigenvalue weighted by molar-refractivity contribution is -0.127. The van der Waals surface area contributed by atoms with Crippen molar-refractivity contribution < 1.29 is 14.3 Å². The number of carbonyl (C=O) groups is 1. The second-order valence-corrected chi connectivity index (χ2v) is 9.04. The summed E-state index contributed by atoms with van der Waals surface area (Å²) in [6, 6.07) is 6.32. The van der Waals surface area contributed by atoms with E-state index in [2.05, 4.69) is 33.1 Å². The van der Waals surface area contributed by atoms with Crippen LogP contribution in [0.3, 0.4) is 0 Å². The summed E-state index contributed by atoms with van der Waals surface area (Å²) in [5, 5.41) is 10.00. The Morgan fingerprint density at radius 1 is 1.00 bits per heavy atom. The molecule has 0 unspecified atom stereocenters. The molecule has 3 N–H and O–H groups in total. The Hall–Kier alpha value is -2.44. The van der Waals surface area contributed by atoms with Gasteiger partial charge in [-0.15, -0.1) is 0 Å². The smallest absolute Gasteiger partial charge is 0.223 e. The van der Waals surface area contributed by atoms with Crippen molar-refractivity contribution in [2.45, 2.75) is 63.2 Å². The number of hydrogen-bond donors (Lipinski definition) is 3. The fourth-order valence-corrected chi connectivity index (χ4v) is 4.76. The second kappa shape index (κ2) is 12.0. The molecule has 1 aromatic carbocycles. The quantitative estimate of drug-likeness (QED) is 0.293. The maximum atomic E-state index is 11.9. The van der Waals surface area contributed by atoms with Crippen molar-refractivity contribution >= 4 is 11.9 Å². The Morgan fingerprint density at radius 3 is 2.34 bits per heavy atom. The zero-order chi connectivity index (χ0) is 22.8.